The topological polar surface area (TPSA) is 98.7 Å². The lowest BCUT2D eigenvalue weighted by Gasteiger charge is -2.31. The van der Waals surface area contributed by atoms with Crippen LogP contribution in [0, 0.1) is 5.92 Å². The quantitative estimate of drug-likeness (QED) is 0.597. The van der Waals surface area contributed by atoms with Crippen LogP contribution in [0.2, 0.25) is 0 Å². The highest BCUT2D eigenvalue weighted by atomic mass is 16.4. The molecule has 1 fully saturated rings. The summed E-state index contributed by atoms with van der Waals surface area (Å²) in [5, 5.41) is 13.4. The molecule has 0 aliphatic carbocycles. The van der Waals surface area contributed by atoms with Crippen molar-refractivity contribution in [1.82, 2.24) is 15.5 Å². The number of carbonyl (C=O) groups is 3. The summed E-state index contributed by atoms with van der Waals surface area (Å²) in [5.41, 5.74) is 0. The van der Waals surface area contributed by atoms with Crippen LogP contribution in [0.15, 0.2) is 12.7 Å². The van der Waals surface area contributed by atoms with Crippen LogP contribution < -0.4 is 10.6 Å². The number of likely N-dealkylation sites (tertiary alicyclic amines) is 1. The Kier molecular flexibility index (Phi) is 7.45. The Labute approximate surface area is 124 Å². The molecule has 0 radical (unpaired) electrons. The van der Waals surface area contributed by atoms with Crippen molar-refractivity contribution in [3.63, 3.8) is 0 Å². The fourth-order valence-electron chi connectivity index (χ4n) is 2.44. The number of aliphatic carboxylic acids is 1. The Balaban J connectivity index is 2.29. The average Bonchev–Trinajstić information content (AvgIpc) is 2.43. The number of amides is 3. The van der Waals surface area contributed by atoms with Gasteiger partial charge in [-0.2, -0.15) is 0 Å². The van der Waals surface area contributed by atoms with E-state index in [1.165, 1.54) is 6.08 Å². The SMILES string of the molecule is C=CCNC(=O)NC(=O)CN1CCCC(CCC(=O)O)C1. The molecule has 0 aromatic heterocycles. The summed E-state index contributed by atoms with van der Waals surface area (Å²) >= 11 is 0. The van der Waals surface area contributed by atoms with Gasteiger partial charge in [-0.1, -0.05) is 6.08 Å². The molecule has 21 heavy (non-hydrogen) atoms. The first-order valence-corrected chi connectivity index (χ1v) is 7.14. The fraction of sp³-hybridized carbons (Fsp3) is 0.643. The molecule has 1 atom stereocenters. The van der Waals surface area contributed by atoms with Gasteiger partial charge >= 0.3 is 12.0 Å². The number of carboxylic acid groups (broad SMARTS) is 1. The molecule has 0 bridgehead atoms. The summed E-state index contributed by atoms with van der Waals surface area (Å²) in [7, 11) is 0. The Morgan fingerprint density at radius 2 is 2.14 bits per heavy atom. The summed E-state index contributed by atoms with van der Waals surface area (Å²) in [6, 6.07) is -0.528. The average molecular weight is 297 g/mol. The van der Waals surface area contributed by atoms with Gasteiger partial charge in [-0.3, -0.25) is 19.8 Å². The van der Waals surface area contributed by atoms with Crippen molar-refractivity contribution in [2.75, 3.05) is 26.2 Å². The van der Waals surface area contributed by atoms with Gasteiger partial charge < -0.3 is 10.4 Å². The zero-order valence-electron chi connectivity index (χ0n) is 12.1. The molecular formula is C14H23N3O4. The number of nitrogens with zero attached hydrogens (tertiary/aromatic N) is 1. The van der Waals surface area contributed by atoms with Crippen molar-refractivity contribution in [3.05, 3.63) is 12.7 Å². The van der Waals surface area contributed by atoms with Gasteiger partial charge in [-0.05, 0) is 31.7 Å². The van der Waals surface area contributed by atoms with E-state index in [2.05, 4.69) is 17.2 Å². The zero-order valence-corrected chi connectivity index (χ0v) is 12.1. The maximum atomic E-state index is 11.7. The third-order valence-electron chi connectivity index (χ3n) is 3.40. The molecular weight excluding hydrogens is 274 g/mol. The van der Waals surface area contributed by atoms with Gasteiger partial charge in [-0.25, -0.2) is 4.79 Å². The molecule has 0 saturated carbocycles. The zero-order chi connectivity index (χ0) is 15.7. The molecule has 1 heterocycles. The number of rotatable bonds is 7. The second-order valence-corrected chi connectivity index (χ2v) is 5.22. The maximum Gasteiger partial charge on any atom is 0.321 e. The van der Waals surface area contributed by atoms with Gasteiger partial charge in [0.2, 0.25) is 5.91 Å². The highest BCUT2D eigenvalue weighted by Crippen LogP contribution is 2.20. The third kappa shape index (κ3) is 7.45. The lowest BCUT2D eigenvalue weighted by Crippen LogP contribution is -2.46. The summed E-state index contributed by atoms with van der Waals surface area (Å²) < 4.78 is 0. The molecule has 118 valence electrons. The van der Waals surface area contributed by atoms with E-state index in [-0.39, 0.29) is 18.9 Å². The predicted molar refractivity (Wildman–Crippen MR) is 77.8 cm³/mol. The molecule has 7 nitrogen and oxygen atoms in total. The predicted octanol–water partition coefficient (Wildman–Crippen LogP) is 0.575. The molecule has 7 heteroatoms. The standard InChI is InChI=1S/C14H23N3O4/c1-2-7-15-14(21)16-12(18)10-17-8-3-4-11(9-17)5-6-13(19)20/h2,11H,1,3-10H2,(H,19,20)(H2,15,16,18,21). The van der Waals surface area contributed by atoms with Crippen LogP contribution in [0.25, 0.3) is 0 Å². The van der Waals surface area contributed by atoms with Crippen molar-refractivity contribution < 1.29 is 19.5 Å². The second-order valence-electron chi connectivity index (χ2n) is 5.22. The van der Waals surface area contributed by atoms with E-state index in [1.807, 2.05) is 4.90 Å². The smallest absolute Gasteiger partial charge is 0.321 e. The first-order valence-electron chi connectivity index (χ1n) is 7.14. The van der Waals surface area contributed by atoms with Gasteiger partial charge in [-0.15, -0.1) is 6.58 Å². The van der Waals surface area contributed by atoms with E-state index < -0.39 is 12.0 Å². The van der Waals surface area contributed by atoms with E-state index in [4.69, 9.17) is 5.11 Å². The Hall–Kier alpha value is -1.89. The monoisotopic (exact) mass is 297 g/mol. The molecule has 1 rings (SSSR count). The van der Waals surface area contributed by atoms with Crippen molar-refractivity contribution in [2.45, 2.75) is 25.7 Å². The van der Waals surface area contributed by atoms with E-state index in [9.17, 15) is 14.4 Å². The van der Waals surface area contributed by atoms with E-state index in [0.717, 1.165) is 19.4 Å². The first-order chi connectivity index (χ1) is 10.0. The Morgan fingerprint density at radius 1 is 1.38 bits per heavy atom. The maximum absolute atomic E-state index is 11.7. The molecule has 1 unspecified atom stereocenters. The number of imide groups is 1. The van der Waals surface area contributed by atoms with Crippen LogP contribution in [0.3, 0.4) is 0 Å². The van der Waals surface area contributed by atoms with Crippen LogP contribution in [0.5, 0.6) is 0 Å². The second kappa shape index (κ2) is 9.12. The molecule has 3 amide bonds. The first kappa shape index (κ1) is 17.2. The number of nitrogens with one attached hydrogen (secondary N) is 2. The summed E-state index contributed by atoms with van der Waals surface area (Å²) in [5.74, 6) is -0.837. The van der Waals surface area contributed by atoms with Crippen molar-refractivity contribution in [3.8, 4) is 0 Å². The summed E-state index contributed by atoms with van der Waals surface area (Å²) in [4.78, 5) is 35.6. The van der Waals surface area contributed by atoms with Crippen LogP contribution in [-0.4, -0.2) is 54.1 Å². The van der Waals surface area contributed by atoms with Gasteiger partial charge in [0.1, 0.15) is 0 Å². The highest BCUT2D eigenvalue weighted by Gasteiger charge is 2.22. The van der Waals surface area contributed by atoms with Gasteiger partial charge in [0.25, 0.3) is 0 Å². The summed E-state index contributed by atoms with van der Waals surface area (Å²) in [6.45, 7) is 5.43. The molecule has 0 aromatic rings. The highest BCUT2D eigenvalue weighted by molar-refractivity contribution is 5.95. The number of urea groups is 1. The lowest BCUT2D eigenvalue weighted by atomic mass is 9.93. The lowest BCUT2D eigenvalue weighted by molar-refractivity contribution is -0.137. The largest absolute Gasteiger partial charge is 0.481 e. The molecule has 0 aromatic carbocycles. The number of piperidine rings is 1. The number of hydrogen-bond acceptors (Lipinski definition) is 4. The fourth-order valence-corrected chi connectivity index (χ4v) is 2.44. The number of carboxylic acids is 1. The minimum atomic E-state index is -0.788. The van der Waals surface area contributed by atoms with Crippen molar-refractivity contribution in [2.24, 2.45) is 5.92 Å². The molecule has 0 spiro atoms. The molecule has 1 aliphatic heterocycles. The van der Waals surface area contributed by atoms with E-state index in [1.54, 1.807) is 0 Å². The van der Waals surface area contributed by atoms with Gasteiger partial charge in [0.15, 0.2) is 0 Å². The van der Waals surface area contributed by atoms with Crippen LogP contribution in [0.4, 0.5) is 4.79 Å². The van der Waals surface area contributed by atoms with Gasteiger partial charge in [0, 0.05) is 19.5 Å². The normalized spacial score (nSPS) is 18.8. The number of carbonyl (C=O) groups excluding carboxylic acids is 2. The van der Waals surface area contributed by atoms with Crippen molar-refractivity contribution in [1.29, 1.82) is 0 Å². The van der Waals surface area contributed by atoms with Gasteiger partial charge in [0.05, 0.1) is 6.54 Å². The molecule has 1 saturated heterocycles. The van der Waals surface area contributed by atoms with Crippen LogP contribution in [-0.2, 0) is 9.59 Å². The third-order valence-corrected chi connectivity index (χ3v) is 3.40. The minimum absolute atomic E-state index is 0.158. The Morgan fingerprint density at radius 3 is 2.81 bits per heavy atom. The van der Waals surface area contributed by atoms with Crippen molar-refractivity contribution >= 4 is 17.9 Å². The van der Waals surface area contributed by atoms with Crippen LogP contribution >= 0.6 is 0 Å². The minimum Gasteiger partial charge on any atom is -0.481 e. The van der Waals surface area contributed by atoms with E-state index >= 15 is 0 Å². The summed E-state index contributed by atoms with van der Waals surface area (Å²) in [6.07, 6.45) is 4.26. The van der Waals surface area contributed by atoms with Crippen LogP contribution in [0.1, 0.15) is 25.7 Å². The Bertz CT molecular complexity index is 398. The van der Waals surface area contributed by atoms with E-state index in [0.29, 0.717) is 25.4 Å². The molecule has 3 N–H and O–H groups in total. The number of hydrogen-bond donors (Lipinski definition) is 3. The molecule has 1 aliphatic rings.